The Bertz CT molecular complexity index is 1670. The SMILES string of the molecule is CO.[Cu+2].[O-]/C(=N\N=C\c1c([O-])ccc2ccccc12)c1ccccc1.c1cnc2c(c1)ccc1cccnc12. The van der Waals surface area contributed by atoms with Crippen molar-refractivity contribution in [3.63, 3.8) is 0 Å². The maximum Gasteiger partial charge on any atom is 2.00 e. The summed E-state index contributed by atoms with van der Waals surface area (Å²) in [6, 6.07) is 31.6. The first kappa shape index (κ1) is 28.9. The Balaban J connectivity index is 0.000000213. The fourth-order valence-electron chi connectivity index (χ4n) is 3.87. The molecule has 8 heteroatoms. The Morgan fingerprint density at radius 3 is 1.87 bits per heavy atom. The van der Waals surface area contributed by atoms with E-state index in [9.17, 15) is 10.2 Å². The van der Waals surface area contributed by atoms with Crippen LogP contribution in [0.5, 0.6) is 5.75 Å². The molecule has 0 amide bonds. The van der Waals surface area contributed by atoms with Gasteiger partial charge in [-0.2, -0.15) is 10.2 Å². The van der Waals surface area contributed by atoms with Crippen LogP contribution in [-0.2, 0) is 17.1 Å². The molecule has 0 saturated carbocycles. The van der Waals surface area contributed by atoms with Gasteiger partial charge in [0.05, 0.1) is 17.2 Å². The molecule has 0 bridgehead atoms. The maximum atomic E-state index is 12.0. The van der Waals surface area contributed by atoms with Crippen molar-refractivity contribution in [1.82, 2.24) is 9.97 Å². The zero-order valence-electron chi connectivity index (χ0n) is 20.9. The molecule has 6 aromatic rings. The summed E-state index contributed by atoms with van der Waals surface area (Å²) in [4.78, 5) is 8.69. The third kappa shape index (κ3) is 7.03. The van der Waals surface area contributed by atoms with E-state index in [1.165, 1.54) is 12.3 Å². The van der Waals surface area contributed by atoms with E-state index in [1.807, 2.05) is 42.5 Å². The Morgan fingerprint density at radius 2 is 1.23 bits per heavy atom. The molecule has 0 aliphatic heterocycles. The number of aliphatic hydroxyl groups excluding tert-OH is 1. The molecule has 0 aliphatic rings. The third-order valence-corrected chi connectivity index (χ3v) is 5.63. The van der Waals surface area contributed by atoms with Gasteiger partial charge in [0.2, 0.25) is 0 Å². The summed E-state index contributed by atoms with van der Waals surface area (Å²) in [6.45, 7) is 0. The Hall–Kier alpha value is -4.62. The van der Waals surface area contributed by atoms with E-state index in [4.69, 9.17) is 5.11 Å². The van der Waals surface area contributed by atoms with E-state index in [1.54, 1.807) is 42.7 Å². The predicted molar refractivity (Wildman–Crippen MR) is 149 cm³/mol. The van der Waals surface area contributed by atoms with Gasteiger partial charge in [-0.3, -0.25) is 9.97 Å². The van der Waals surface area contributed by atoms with Crippen molar-refractivity contribution in [2.24, 2.45) is 10.2 Å². The number of benzene rings is 4. The first-order valence-corrected chi connectivity index (χ1v) is 11.8. The Morgan fingerprint density at radius 1 is 0.692 bits per heavy atom. The van der Waals surface area contributed by atoms with E-state index in [-0.39, 0.29) is 22.8 Å². The number of pyridine rings is 2. The van der Waals surface area contributed by atoms with Crippen molar-refractivity contribution < 1.29 is 32.4 Å². The van der Waals surface area contributed by atoms with Crippen LogP contribution >= 0.6 is 0 Å². The second-order valence-corrected chi connectivity index (χ2v) is 7.93. The molecular formula is C31H24CuN4O3. The molecule has 0 atom stereocenters. The third-order valence-electron chi connectivity index (χ3n) is 5.63. The standard InChI is InChI=1S/C18H14N2O2.C12H8N2.CH4O.Cu/c21-17-11-10-13-6-4-5-9-15(13)16(17)12-19-20-18(22)14-7-2-1-3-8-14;1-3-9-5-6-10-4-2-8-14-12(10)11(9)13-7-1;1-2;/h1-12,21H,(H,20,22);1-8H;2H,1H3;/q;;;+2/p-2/b19-12+;;;. The van der Waals surface area contributed by atoms with Crippen LogP contribution in [0.3, 0.4) is 0 Å². The van der Waals surface area contributed by atoms with Crippen LogP contribution in [0.4, 0.5) is 0 Å². The number of nitrogens with zero attached hydrogens (tertiary/aromatic N) is 4. The average molecular weight is 564 g/mol. The van der Waals surface area contributed by atoms with Gasteiger partial charge in [-0.25, -0.2) is 0 Å². The molecular weight excluding hydrogens is 540 g/mol. The van der Waals surface area contributed by atoms with Crippen LogP contribution in [0.25, 0.3) is 32.6 Å². The van der Waals surface area contributed by atoms with E-state index in [0.29, 0.717) is 11.1 Å². The molecule has 0 saturated heterocycles. The summed E-state index contributed by atoms with van der Waals surface area (Å²) in [7, 11) is 1.00. The number of aromatic nitrogens is 2. The Kier molecular flexibility index (Phi) is 10.7. The normalized spacial score (nSPS) is 10.9. The molecule has 0 unspecified atom stereocenters. The van der Waals surface area contributed by atoms with Crippen molar-refractivity contribution in [2.45, 2.75) is 0 Å². The second kappa shape index (κ2) is 14.4. The summed E-state index contributed by atoms with van der Waals surface area (Å²) < 4.78 is 0. The number of fused-ring (bicyclic) bond motifs is 4. The van der Waals surface area contributed by atoms with E-state index in [2.05, 4.69) is 44.4 Å². The van der Waals surface area contributed by atoms with Gasteiger partial charge in [0.15, 0.2) is 0 Å². The van der Waals surface area contributed by atoms with Gasteiger partial charge < -0.3 is 15.3 Å². The maximum absolute atomic E-state index is 12.0. The molecule has 2 heterocycles. The topological polar surface area (TPSA) is 117 Å². The van der Waals surface area contributed by atoms with Crippen LogP contribution in [-0.4, -0.2) is 34.3 Å². The first-order valence-electron chi connectivity index (χ1n) is 11.8. The van der Waals surface area contributed by atoms with Gasteiger partial charge in [-0.1, -0.05) is 96.7 Å². The smallest absolute Gasteiger partial charge is 0.872 e. The second-order valence-electron chi connectivity index (χ2n) is 7.93. The van der Waals surface area contributed by atoms with E-state index < -0.39 is 5.90 Å². The van der Waals surface area contributed by atoms with Crippen LogP contribution in [0.15, 0.2) is 126 Å². The number of hydrogen-bond donors (Lipinski definition) is 1. The van der Waals surface area contributed by atoms with Crippen molar-refractivity contribution in [2.75, 3.05) is 7.11 Å². The Labute approximate surface area is 236 Å². The average Bonchev–Trinajstić information content (AvgIpc) is 3.00. The van der Waals surface area contributed by atoms with Crippen LogP contribution in [0, 0.1) is 0 Å². The summed E-state index contributed by atoms with van der Waals surface area (Å²) in [5, 5.41) is 42.2. The van der Waals surface area contributed by atoms with Gasteiger partial charge in [-0.15, -0.1) is 0 Å². The van der Waals surface area contributed by atoms with E-state index >= 15 is 0 Å². The molecule has 6 rings (SSSR count). The van der Waals surface area contributed by atoms with Crippen molar-refractivity contribution in [1.29, 1.82) is 0 Å². The van der Waals surface area contributed by atoms with Gasteiger partial charge in [-0.05, 0) is 34.0 Å². The summed E-state index contributed by atoms with van der Waals surface area (Å²) in [6.07, 6.45) is 4.94. The van der Waals surface area contributed by atoms with Gasteiger partial charge >= 0.3 is 17.1 Å². The fraction of sp³-hybridized carbons (Fsp3) is 0.0323. The van der Waals surface area contributed by atoms with Crippen molar-refractivity contribution in [3.8, 4) is 5.75 Å². The van der Waals surface area contributed by atoms with Gasteiger partial charge in [0.25, 0.3) is 0 Å². The zero-order valence-corrected chi connectivity index (χ0v) is 21.8. The zero-order chi connectivity index (χ0) is 26.7. The van der Waals surface area contributed by atoms with Crippen LogP contribution < -0.4 is 10.2 Å². The molecule has 4 aromatic carbocycles. The van der Waals surface area contributed by atoms with Crippen LogP contribution in [0.2, 0.25) is 0 Å². The number of aliphatic hydroxyl groups is 1. The quantitative estimate of drug-likeness (QED) is 0.112. The minimum atomic E-state index is -0.440. The monoisotopic (exact) mass is 563 g/mol. The molecule has 0 aliphatic carbocycles. The van der Waals surface area contributed by atoms with Gasteiger partial charge in [0, 0.05) is 36.2 Å². The number of rotatable bonds is 3. The predicted octanol–water partition coefficient (Wildman–Crippen LogP) is 4.44. The molecule has 39 heavy (non-hydrogen) atoms. The minimum absolute atomic E-state index is 0. The van der Waals surface area contributed by atoms with E-state index in [0.717, 1.165) is 39.7 Å². The molecule has 0 spiro atoms. The fourth-order valence-corrected chi connectivity index (χ4v) is 3.87. The number of hydrogen-bond acceptors (Lipinski definition) is 7. The first-order chi connectivity index (χ1) is 18.7. The molecule has 7 nitrogen and oxygen atoms in total. The molecule has 2 aromatic heterocycles. The molecule has 1 radical (unpaired) electrons. The minimum Gasteiger partial charge on any atom is -0.872 e. The summed E-state index contributed by atoms with van der Waals surface area (Å²) >= 11 is 0. The van der Waals surface area contributed by atoms with Crippen molar-refractivity contribution in [3.05, 3.63) is 127 Å². The van der Waals surface area contributed by atoms with Gasteiger partial charge in [0.1, 0.15) is 0 Å². The summed E-state index contributed by atoms with van der Waals surface area (Å²) in [5.41, 5.74) is 2.85. The molecule has 197 valence electrons. The molecule has 1 N–H and O–H groups in total. The summed E-state index contributed by atoms with van der Waals surface area (Å²) in [5.74, 6) is -0.589. The van der Waals surface area contributed by atoms with Crippen molar-refractivity contribution >= 4 is 44.7 Å². The largest absolute Gasteiger partial charge is 2.00 e. The van der Waals surface area contributed by atoms with Crippen LogP contribution in [0.1, 0.15) is 11.1 Å². The molecule has 0 fully saturated rings.